The van der Waals surface area contributed by atoms with Crippen LogP contribution < -0.4 is 16.1 Å². The normalized spacial score (nSPS) is 18.8. The molecule has 1 atom stereocenters. The van der Waals surface area contributed by atoms with Crippen molar-refractivity contribution >= 4 is 39.1 Å². The predicted molar refractivity (Wildman–Crippen MR) is 125 cm³/mol. The van der Waals surface area contributed by atoms with Crippen molar-refractivity contribution in [3.63, 3.8) is 0 Å². The standard InChI is InChI=1S/C23H26BrN5O2/c24-18-8-4-5-9-19(18)26-17-10-12-29(13-11-17)22(30)15-25-23(31)21-14-20(27-28-21)16-6-2-1-3-7-16/h1-9,17,20,26-27H,10-15H2,(H,25,31). The zero-order chi connectivity index (χ0) is 21.6. The fourth-order valence-electron chi connectivity index (χ4n) is 3.90. The maximum absolute atomic E-state index is 12.6. The molecule has 162 valence electrons. The number of benzene rings is 2. The third-order valence-electron chi connectivity index (χ3n) is 5.70. The van der Waals surface area contributed by atoms with Crippen LogP contribution in [0.5, 0.6) is 0 Å². The molecule has 8 heteroatoms. The van der Waals surface area contributed by atoms with Gasteiger partial charge in [-0.25, -0.2) is 0 Å². The summed E-state index contributed by atoms with van der Waals surface area (Å²) in [5.74, 6) is -0.344. The second-order valence-corrected chi connectivity index (χ2v) is 8.67. The van der Waals surface area contributed by atoms with Gasteiger partial charge in [0, 0.05) is 35.7 Å². The van der Waals surface area contributed by atoms with Gasteiger partial charge in [-0.2, -0.15) is 5.10 Å². The lowest BCUT2D eigenvalue weighted by Crippen LogP contribution is -2.47. The Labute approximate surface area is 190 Å². The summed E-state index contributed by atoms with van der Waals surface area (Å²) in [6.45, 7) is 1.35. The number of hydrogen-bond donors (Lipinski definition) is 3. The highest BCUT2D eigenvalue weighted by Gasteiger charge is 2.27. The molecule has 4 rings (SSSR count). The minimum absolute atomic E-state index is 0.00378. The molecule has 2 aliphatic rings. The van der Waals surface area contributed by atoms with Crippen LogP contribution in [0.15, 0.2) is 64.2 Å². The van der Waals surface area contributed by atoms with Gasteiger partial charge >= 0.3 is 0 Å². The Bertz CT molecular complexity index is 957. The van der Waals surface area contributed by atoms with E-state index in [1.165, 1.54) is 0 Å². The lowest BCUT2D eigenvalue weighted by Gasteiger charge is -2.33. The summed E-state index contributed by atoms with van der Waals surface area (Å²) in [5, 5.41) is 10.4. The zero-order valence-electron chi connectivity index (χ0n) is 17.2. The number of likely N-dealkylation sites (tertiary alicyclic amines) is 1. The van der Waals surface area contributed by atoms with Crippen molar-refractivity contribution in [2.75, 3.05) is 25.0 Å². The van der Waals surface area contributed by atoms with E-state index in [-0.39, 0.29) is 24.4 Å². The summed E-state index contributed by atoms with van der Waals surface area (Å²) in [6.07, 6.45) is 2.25. The van der Waals surface area contributed by atoms with Crippen LogP contribution in [0, 0.1) is 0 Å². The van der Waals surface area contributed by atoms with Crippen molar-refractivity contribution in [2.24, 2.45) is 5.10 Å². The van der Waals surface area contributed by atoms with Crippen molar-refractivity contribution in [2.45, 2.75) is 31.3 Å². The lowest BCUT2D eigenvalue weighted by atomic mass is 10.0. The average molecular weight is 484 g/mol. The third-order valence-corrected chi connectivity index (χ3v) is 6.39. The Balaban J connectivity index is 1.19. The van der Waals surface area contributed by atoms with Gasteiger partial charge in [0.25, 0.3) is 5.91 Å². The minimum Gasteiger partial charge on any atom is -0.381 e. The van der Waals surface area contributed by atoms with Gasteiger partial charge < -0.3 is 21.0 Å². The van der Waals surface area contributed by atoms with Crippen molar-refractivity contribution in [1.82, 2.24) is 15.6 Å². The molecule has 0 spiro atoms. The summed E-state index contributed by atoms with van der Waals surface area (Å²) in [5.41, 5.74) is 5.59. The topological polar surface area (TPSA) is 85.8 Å². The number of hydrogen-bond acceptors (Lipinski definition) is 5. The van der Waals surface area contributed by atoms with E-state index < -0.39 is 0 Å². The van der Waals surface area contributed by atoms with E-state index in [0.29, 0.717) is 31.3 Å². The summed E-state index contributed by atoms with van der Waals surface area (Å²) in [7, 11) is 0. The zero-order valence-corrected chi connectivity index (χ0v) is 18.8. The van der Waals surface area contributed by atoms with Gasteiger partial charge in [-0.15, -0.1) is 0 Å². The van der Waals surface area contributed by atoms with Gasteiger partial charge in [0.2, 0.25) is 5.91 Å². The lowest BCUT2D eigenvalue weighted by molar-refractivity contribution is -0.132. The first-order chi connectivity index (χ1) is 15.1. The Morgan fingerprint density at radius 2 is 1.77 bits per heavy atom. The molecule has 7 nitrogen and oxygen atoms in total. The fourth-order valence-corrected chi connectivity index (χ4v) is 4.30. The van der Waals surface area contributed by atoms with E-state index in [1.54, 1.807) is 0 Å². The van der Waals surface area contributed by atoms with Crippen molar-refractivity contribution in [3.05, 3.63) is 64.6 Å². The number of piperidine rings is 1. The van der Waals surface area contributed by atoms with E-state index in [2.05, 4.69) is 37.1 Å². The molecule has 2 heterocycles. The van der Waals surface area contributed by atoms with Gasteiger partial charge in [0.15, 0.2) is 0 Å². The highest BCUT2D eigenvalue weighted by atomic mass is 79.9. The number of para-hydroxylation sites is 1. The summed E-state index contributed by atoms with van der Waals surface area (Å²) in [4.78, 5) is 26.8. The number of halogens is 1. The van der Waals surface area contributed by atoms with Crippen molar-refractivity contribution in [3.8, 4) is 0 Å². The van der Waals surface area contributed by atoms with Gasteiger partial charge in [-0.05, 0) is 46.5 Å². The number of carbonyl (C=O) groups excluding carboxylic acids is 2. The smallest absolute Gasteiger partial charge is 0.267 e. The Morgan fingerprint density at radius 3 is 2.52 bits per heavy atom. The van der Waals surface area contributed by atoms with Crippen LogP contribution in [-0.2, 0) is 9.59 Å². The molecule has 2 aromatic carbocycles. The van der Waals surface area contributed by atoms with Crippen molar-refractivity contribution in [1.29, 1.82) is 0 Å². The first-order valence-electron chi connectivity index (χ1n) is 10.5. The molecular weight excluding hydrogens is 458 g/mol. The largest absolute Gasteiger partial charge is 0.381 e. The Kier molecular flexibility index (Phi) is 6.86. The number of hydrazone groups is 1. The second kappa shape index (κ2) is 9.96. The van der Waals surface area contributed by atoms with Crippen LogP contribution in [0.1, 0.15) is 30.9 Å². The summed E-state index contributed by atoms with van der Waals surface area (Å²) in [6, 6.07) is 18.3. The van der Waals surface area contributed by atoms with E-state index in [1.807, 2.05) is 59.5 Å². The molecule has 2 amide bonds. The monoisotopic (exact) mass is 483 g/mol. The molecule has 1 saturated heterocycles. The summed E-state index contributed by atoms with van der Waals surface area (Å²) < 4.78 is 1.04. The van der Waals surface area contributed by atoms with E-state index in [9.17, 15) is 9.59 Å². The molecular formula is C23H26BrN5O2. The molecule has 1 fully saturated rings. The number of anilines is 1. The van der Waals surface area contributed by atoms with Crippen LogP contribution in [0.2, 0.25) is 0 Å². The highest BCUT2D eigenvalue weighted by molar-refractivity contribution is 9.10. The molecule has 3 N–H and O–H groups in total. The van der Waals surface area contributed by atoms with Gasteiger partial charge in [-0.3, -0.25) is 9.59 Å². The van der Waals surface area contributed by atoms with Gasteiger partial charge in [-0.1, -0.05) is 42.5 Å². The molecule has 0 radical (unpaired) electrons. The fraction of sp³-hybridized carbons (Fsp3) is 0.348. The Hall–Kier alpha value is -2.87. The van der Waals surface area contributed by atoms with Crippen LogP contribution in [0.3, 0.4) is 0 Å². The summed E-state index contributed by atoms with van der Waals surface area (Å²) >= 11 is 3.56. The number of amides is 2. The second-order valence-electron chi connectivity index (χ2n) is 7.82. The minimum atomic E-state index is -0.287. The molecule has 1 unspecified atom stereocenters. The maximum atomic E-state index is 12.6. The van der Waals surface area contributed by atoms with Crippen LogP contribution in [-0.4, -0.2) is 48.1 Å². The van der Waals surface area contributed by atoms with E-state index in [4.69, 9.17) is 0 Å². The molecule has 31 heavy (non-hydrogen) atoms. The SMILES string of the molecule is O=C(NCC(=O)N1CCC(Nc2ccccc2Br)CC1)C1=NNC(c2ccccc2)C1. The first kappa shape index (κ1) is 21.4. The quantitative estimate of drug-likeness (QED) is 0.589. The number of nitrogens with zero attached hydrogens (tertiary/aromatic N) is 2. The highest BCUT2D eigenvalue weighted by Crippen LogP contribution is 2.24. The van der Waals surface area contributed by atoms with E-state index >= 15 is 0 Å². The molecule has 0 aromatic heterocycles. The molecule has 0 aliphatic carbocycles. The van der Waals surface area contributed by atoms with Crippen LogP contribution in [0.4, 0.5) is 5.69 Å². The van der Waals surface area contributed by atoms with Crippen molar-refractivity contribution < 1.29 is 9.59 Å². The van der Waals surface area contributed by atoms with Crippen LogP contribution in [0.25, 0.3) is 0 Å². The van der Waals surface area contributed by atoms with Gasteiger partial charge in [0.05, 0.1) is 12.6 Å². The van der Waals surface area contributed by atoms with Crippen LogP contribution >= 0.6 is 15.9 Å². The van der Waals surface area contributed by atoms with Gasteiger partial charge in [0.1, 0.15) is 5.71 Å². The Morgan fingerprint density at radius 1 is 1.06 bits per heavy atom. The molecule has 0 saturated carbocycles. The predicted octanol–water partition coefficient (Wildman–Crippen LogP) is 3.06. The molecule has 2 aliphatic heterocycles. The first-order valence-corrected chi connectivity index (χ1v) is 11.3. The van der Waals surface area contributed by atoms with E-state index in [0.717, 1.165) is 28.6 Å². The average Bonchev–Trinajstić information content (AvgIpc) is 3.30. The maximum Gasteiger partial charge on any atom is 0.267 e. The number of nitrogens with one attached hydrogen (secondary N) is 3. The number of rotatable bonds is 6. The molecule has 0 bridgehead atoms. The number of carbonyl (C=O) groups is 2. The third kappa shape index (κ3) is 5.44. The molecule has 2 aromatic rings.